The highest BCUT2D eigenvalue weighted by Crippen LogP contribution is 2.48. The summed E-state index contributed by atoms with van der Waals surface area (Å²) in [6, 6.07) is 49.3. The molecule has 218 valence electrons. The zero-order chi connectivity index (χ0) is 30.6. The minimum Gasteiger partial charge on any atom is -0.437 e. The smallest absolute Gasteiger partial charge is 0.238 e. The van der Waals surface area contributed by atoms with Crippen molar-refractivity contribution in [2.75, 3.05) is 0 Å². The van der Waals surface area contributed by atoms with Crippen LogP contribution < -0.4 is 0 Å². The van der Waals surface area contributed by atoms with E-state index >= 15 is 0 Å². The molecule has 0 aliphatic rings. The first-order chi connectivity index (χ1) is 23.3. The molecule has 4 nitrogen and oxygen atoms in total. The molecule has 4 aromatic heterocycles. The van der Waals surface area contributed by atoms with Crippen LogP contribution in [0.4, 0.5) is 0 Å². The number of nitrogens with zero attached hydrogens (tertiary/aromatic N) is 3. The Bertz CT molecular complexity index is 3090. The first-order valence-corrected chi connectivity index (χ1v) is 16.6. The average molecular weight is 618 g/mol. The van der Waals surface area contributed by atoms with Crippen molar-refractivity contribution >= 4 is 96.9 Å². The van der Waals surface area contributed by atoms with Crippen LogP contribution in [0, 0.1) is 0 Å². The Morgan fingerprint density at radius 3 is 2.04 bits per heavy atom. The second-order valence-corrected chi connectivity index (χ2v) is 13.2. The summed E-state index contributed by atoms with van der Waals surface area (Å²) in [6.45, 7) is 0. The van der Waals surface area contributed by atoms with Crippen molar-refractivity contribution in [3.63, 3.8) is 0 Å². The van der Waals surface area contributed by atoms with Gasteiger partial charge in [-0.25, -0.2) is 4.98 Å². The maximum Gasteiger partial charge on any atom is 0.238 e. The van der Waals surface area contributed by atoms with Gasteiger partial charge in [-0.2, -0.15) is 4.98 Å². The van der Waals surface area contributed by atoms with Crippen molar-refractivity contribution in [3.05, 3.63) is 140 Å². The second kappa shape index (κ2) is 9.25. The summed E-state index contributed by atoms with van der Waals surface area (Å²) >= 11 is 1.84. The largest absolute Gasteiger partial charge is 0.437 e. The molecule has 11 rings (SSSR count). The molecule has 7 aromatic carbocycles. The fourth-order valence-corrected chi connectivity index (χ4v) is 8.93. The van der Waals surface area contributed by atoms with E-state index < -0.39 is 0 Å². The third-order valence-corrected chi connectivity index (χ3v) is 10.8. The number of para-hydroxylation sites is 2. The summed E-state index contributed by atoms with van der Waals surface area (Å²) in [7, 11) is 0. The van der Waals surface area contributed by atoms with Crippen molar-refractivity contribution in [2.45, 2.75) is 0 Å². The minimum atomic E-state index is 0.582. The van der Waals surface area contributed by atoms with Crippen LogP contribution >= 0.6 is 11.3 Å². The highest BCUT2D eigenvalue weighted by Gasteiger charge is 2.25. The van der Waals surface area contributed by atoms with Gasteiger partial charge in [0.15, 0.2) is 0 Å². The van der Waals surface area contributed by atoms with Gasteiger partial charge in [0.05, 0.1) is 26.8 Å². The third kappa shape index (κ3) is 3.36. The first kappa shape index (κ1) is 25.2. The summed E-state index contributed by atoms with van der Waals surface area (Å²) in [6.07, 6.45) is 0. The lowest BCUT2D eigenvalue weighted by molar-refractivity contribution is 0.651. The maximum atomic E-state index is 6.53. The monoisotopic (exact) mass is 617 g/mol. The minimum absolute atomic E-state index is 0.582. The molecule has 0 spiro atoms. The molecule has 0 saturated carbocycles. The molecule has 47 heavy (non-hydrogen) atoms. The molecule has 0 unspecified atom stereocenters. The number of rotatable bonds is 2. The van der Waals surface area contributed by atoms with Gasteiger partial charge < -0.3 is 4.42 Å². The predicted molar refractivity (Wildman–Crippen MR) is 197 cm³/mol. The van der Waals surface area contributed by atoms with Crippen LogP contribution in [0.25, 0.3) is 103 Å². The molecule has 0 fully saturated rings. The van der Waals surface area contributed by atoms with Crippen LogP contribution in [0.2, 0.25) is 0 Å². The van der Waals surface area contributed by atoms with Gasteiger partial charge >= 0.3 is 0 Å². The molecular formula is C42H23N3OS. The molecule has 5 heteroatoms. The molecule has 0 aliphatic heterocycles. The standard InChI is InChI=1S/C42H23N3OS/c1-2-14-25-24(12-1)13-11-20-28(25)38-37-30-18-6-9-22-33(30)46-41(37)44-42(43-38)45-32-21-8-5-17-29(32)35-26-15-3-4-16-27(26)36-31-19-7-10-23-34(31)47-40(36)39(35)45/h1-23H. The normalized spacial score (nSPS) is 12.3. The fraction of sp³-hybridized carbons (Fsp3) is 0. The van der Waals surface area contributed by atoms with Gasteiger partial charge in [-0.05, 0) is 39.7 Å². The summed E-state index contributed by atoms with van der Waals surface area (Å²) in [5.41, 5.74) is 5.50. The van der Waals surface area contributed by atoms with Crippen molar-refractivity contribution in [1.82, 2.24) is 14.5 Å². The van der Waals surface area contributed by atoms with Crippen molar-refractivity contribution in [2.24, 2.45) is 0 Å². The number of hydrogen-bond donors (Lipinski definition) is 0. The SMILES string of the molecule is c1ccc2c(-c3nc(-n4c5ccccc5c5c6ccccc6c6c7ccccc7sc6c54)nc4oc5ccccc5c34)cccc2c1. The van der Waals surface area contributed by atoms with E-state index in [1.807, 2.05) is 29.5 Å². The zero-order valence-electron chi connectivity index (χ0n) is 24.9. The molecule has 11 aromatic rings. The Morgan fingerprint density at radius 1 is 0.511 bits per heavy atom. The van der Waals surface area contributed by atoms with E-state index in [-0.39, 0.29) is 0 Å². The van der Waals surface area contributed by atoms with Gasteiger partial charge in [0.25, 0.3) is 0 Å². The summed E-state index contributed by atoms with van der Waals surface area (Å²) in [4.78, 5) is 10.8. The van der Waals surface area contributed by atoms with E-state index in [0.29, 0.717) is 11.7 Å². The van der Waals surface area contributed by atoms with Crippen molar-refractivity contribution < 1.29 is 4.42 Å². The summed E-state index contributed by atoms with van der Waals surface area (Å²) < 4.78 is 11.3. The van der Waals surface area contributed by atoms with Crippen LogP contribution in [0.5, 0.6) is 0 Å². The third-order valence-electron chi connectivity index (χ3n) is 9.62. The zero-order valence-corrected chi connectivity index (χ0v) is 25.8. The number of hydrogen-bond acceptors (Lipinski definition) is 4. The van der Waals surface area contributed by atoms with E-state index in [9.17, 15) is 0 Å². The Labute approximate surface area is 271 Å². The van der Waals surface area contributed by atoms with E-state index in [4.69, 9.17) is 14.4 Å². The Morgan fingerprint density at radius 2 is 1.17 bits per heavy atom. The highest BCUT2D eigenvalue weighted by molar-refractivity contribution is 7.27. The molecule has 0 amide bonds. The van der Waals surface area contributed by atoms with E-state index in [2.05, 4.69) is 126 Å². The number of fused-ring (bicyclic) bond motifs is 14. The number of thiophene rings is 1. The van der Waals surface area contributed by atoms with Gasteiger partial charge in [0.2, 0.25) is 11.7 Å². The molecule has 0 aliphatic carbocycles. The van der Waals surface area contributed by atoms with Crippen LogP contribution in [-0.4, -0.2) is 14.5 Å². The first-order valence-electron chi connectivity index (χ1n) is 15.8. The van der Waals surface area contributed by atoms with Gasteiger partial charge in [-0.3, -0.25) is 4.57 Å². The average Bonchev–Trinajstić information content (AvgIpc) is 3.81. The van der Waals surface area contributed by atoms with Crippen LogP contribution in [0.3, 0.4) is 0 Å². The Hall–Kier alpha value is -6.04. The van der Waals surface area contributed by atoms with Crippen molar-refractivity contribution in [1.29, 1.82) is 0 Å². The molecule has 0 radical (unpaired) electrons. The van der Waals surface area contributed by atoms with Crippen LogP contribution in [0.1, 0.15) is 0 Å². The molecule has 4 heterocycles. The van der Waals surface area contributed by atoms with Gasteiger partial charge in [-0.15, -0.1) is 11.3 Å². The second-order valence-electron chi connectivity index (χ2n) is 12.1. The molecule has 0 atom stereocenters. The lowest BCUT2D eigenvalue weighted by atomic mass is 9.99. The quantitative estimate of drug-likeness (QED) is 0.194. The molecular weight excluding hydrogens is 595 g/mol. The number of furan rings is 1. The van der Waals surface area contributed by atoms with Gasteiger partial charge in [-0.1, -0.05) is 121 Å². The highest BCUT2D eigenvalue weighted by atomic mass is 32.1. The van der Waals surface area contributed by atoms with Crippen molar-refractivity contribution in [3.8, 4) is 17.2 Å². The number of benzene rings is 7. The topological polar surface area (TPSA) is 43.9 Å². The van der Waals surface area contributed by atoms with Gasteiger partial charge in [0.1, 0.15) is 5.58 Å². The molecule has 0 N–H and O–H groups in total. The van der Waals surface area contributed by atoms with E-state index in [1.165, 1.54) is 47.1 Å². The summed E-state index contributed by atoms with van der Waals surface area (Å²) in [5.74, 6) is 0.597. The van der Waals surface area contributed by atoms with Crippen LogP contribution in [0.15, 0.2) is 144 Å². The predicted octanol–water partition coefficient (Wildman–Crippen LogP) is 11.8. The number of aromatic nitrogens is 3. The molecule has 0 bridgehead atoms. The fourth-order valence-electron chi connectivity index (χ4n) is 7.67. The van der Waals surface area contributed by atoms with E-state index in [0.717, 1.165) is 44.0 Å². The Kier molecular flexibility index (Phi) is 4.96. The Balaban J connectivity index is 1.38. The lowest BCUT2D eigenvalue weighted by Crippen LogP contribution is -2.03. The summed E-state index contributed by atoms with van der Waals surface area (Å²) in [5, 5.41) is 11.7. The molecule has 0 saturated heterocycles. The maximum absolute atomic E-state index is 6.53. The lowest BCUT2D eigenvalue weighted by Gasteiger charge is -2.12. The van der Waals surface area contributed by atoms with Gasteiger partial charge in [0, 0.05) is 37.2 Å². The van der Waals surface area contributed by atoms with Crippen LogP contribution in [-0.2, 0) is 0 Å². The van der Waals surface area contributed by atoms with E-state index in [1.54, 1.807) is 0 Å².